The van der Waals surface area contributed by atoms with Crippen molar-refractivity contribution in [1.82, 2.24) is 0 Å². The van der Waals surface area contributed by atoms with Gasteiger partial charge in [-0.3, -0.25) is 4.72 Å². The third-order valence-corrected chi connectivity index (χ3v) is 4.88. The molecule has 0 saturated carbocycles. The molecular weight excluding hydrogens is 429 g/mol. The minimum absolute atomic E-state index is 0.00166. The fourth-order valence-electron chi connectivity index (χ4n) is 1.60. The predicted octanol–water partition coefficient (Wildman–Crippen LogP) is 3.44. The number of aromatic carboxylic acids is 1. The lowest BCUT2D eigenvalue weighted by Crippen LogP contribution is -2.15. The van der Waals surface area contributed by atoms with Crippen molar-refractivity contribution in [3.05, 3.63) is 56.6 Å². The highest BCUT2D eigenvalue weighted by molar-refractivity contribution is 14.1. The summed E-state index contributed by atoms with van der Waals surface area (Å²) in [4.78, 5) is 11.2. The maximum atomic E-state index is 12.2. The zero-order chi connectivity index (χ0) is 15.6. The quantitative estimate of drug-likeness (QED) is 0.718. The van der Waals surface area contributed by atoms with Gasteiger partial charge in [-0.2, -0.15) is 0 Å². The van der Waals surface area contributed by atoms with Gasteiger partial charge in [-0.15, -0.1) is 0 Å². The van der Waals surface area contributed by atoms with E-state index in [1.807, 2.05) is 22.6 Å². The summed E-state index contributed by atoms with van der Waals surface area (Å²) in [6, 6.07) is 10.0. The number of hydrogen-bond donors (Lipinski definition) is 2. The first-order valence-electron chi connectivity index (χ1n) is 5.61. The number of benzene rings is 2. The molecule has 0 spiro atoms. The number of hydrogen-bond acceptors (Lipinski definition) is 3. The predicted molar refractivity (Wildman–Crippen MR) is 88.4 cm³/mol. The third-order valence-electron chi connectivity index (χ3n) is 2.58. The van der Waals surface area contributed by atoms with Gasteiger partial charge in [0.25, 0.3) is 10.0 Å². The SMILES string of the molecule is O=C(O)c1cc(I)ccc1NS(=O)(=O)c1ccc(Cl)cc1. The molecule has 110 valence electrons. The van der Waals surface area contributed by atoms with Crippen LogP contribution >= 0.6 is 34.2 Å². The first-order valence-corrected chi connectivity index (χ1v) is 8.55. The topological polar surface area (TPSA) is 83.5 Å². The van der Waals surface area contributed by atoms with Crippen LogP contribution < -0.4 is 4.72 Å². The number of carbonyl (C=O) groups is 1. The van der Waals surface area contributed by atoms with Crippen molar-refractivity contribution in [3.8, 4) is 0 Å². The Hall–Kier alpha value is -1.32. The molecule has 0 saturated heterocycles. The number of carboxylic acid groups (broad SMARTS) is 1. The summed E-state index contributed by atoms with van der Waals surface area (Å²) in [6.07, 6.45) is 0. The standard InChI is InChI=1S/C13H9ClINO4S/c14-8-1-4-10(5-2-8)21(19,20)16-12-6-3-9(15)7-11(12)13(17)18/h1-7,16H,(H,17,18). The molecule has 2 rings (SSSR count). The van der Waals surface area contributed by atoms with Crippen LogP contribution in [0.25, 0.3) is 0 Å². The van der Waals surface area contributed by atoms with Crippen molar-refractivity contribution < 1.29 is 18.3 Å². The van der Waals surface area contributed by atoms with Gasteiger partial charge < -0.3 is 5.11 Å². The van der Waals surface area contributed by atoms with Gasteiger partial charge in [0.15, 0.2) is 0 Å². The van der Waals surface area contributed by atoms with E-state index in [1.54, 1.807) is 6.07 Å². The van der Waals surface area contributed by atoms with Gasteiger partial charge in [0, 0.05) is 8.59 Å². The zero-order valence-electron chi connectivity index (χ0n) is 10.4. The van der Waals surface area contributed by atoms with E-state index in [4.69, 9.17) is 16.7 Å². The number of nitrogens with one attached hydrogen (secondary N) is 1. The molecule has 2 aromatic rings. The van der Waals surface area contributed by atoms with Crippen molar-refractivity contribution in [1.29, 1.82) is 0 Å². The molecule has 2 aromatic carbocycles. The normalized spacial score (nSPS) is 11.1. The van der Waals surface area contributed by atoms with Gasteiger partial charge in [0.05, 0.1) is 16.1 Å². The fraction of sp³-hybridized carbons (Fsp3) is 0. The molecule has 0 radical (unpaired) electrons. The van der Waals surface area contributed by atoms with Crippen LogP contribution in [0.3, 0.4) is 0 Å². The average Bonchev–Trinajstić information content (AvgIpc) is 2.41. The number of carboxylic acids is 1. The van der Waals surface area contributed by atoms with Crippen LogP contribution in [-0.2, 0) is 10.0 Å². The molecule has 0 fully saturated rings. The molecule has 2 N–H and O–H groups in total. The van der Waals surface area contributed by atoms with E-state index < -0.39 is 16.0 Å². The molecule has 0 aliphatic heterocycles. The Bertz CT molecular complexity index is 790. The van der Waals surface area contributed by atoms with Crippen molar-refractivity contribution in [2.75, 3.05) is 4.72 Å². The van der Waals surface area contributed by atoms with Gasteiger partial charge in [0.2, 0.25) is 0 Å². The van der Waals surface area contributed by atoms with Gasteiger partial charge in [-0.05, 0) is 65.1 Å². The molecule has 0 atom stereocenters. The molecule has 0 amide bonds. The van der Waals surface area contributed by atoms with Gasteiger partial charge in [-0.1, -0.05) is 11.6 Å². The lowest BCUT2D eigenvalue weighted by molar-refractivity contribution is 0.0698. The van der Waals surface area contributed by atoms with Crippen molar-refractivity contribution >= 4 is 55.9 Å². The molecule has 0 unspecified atom stereocenters. The summed E-state index contributed by atoms with van der Waals surface area (Å²) >= 11 is 7.67. The lowest BCUT2D eigenvalue weighted by atomic mass is 10.2. The Labute approximate surface area is 140 Å². The fourth-order valence-corrected chi connectivity index (χ4v) is 3.30. The van der Waals surface area contributed by atoms with Crippen LogP contribution in [0, 0.1) is 3.57 Å². The smallest absolute Gasteiger partial charge is 0.337 e. The van der Waals surface area contributed by atoms with Crippen LogP contribution in [0.4, 0.5) is 5.69 Å². The summed E-state index contributed by atoms with van der Waals surface area (Å²) in [6.45, 7) is 0. The number of halogens is 2. The number of sulfonamides is 1. The van der Waals surface area contributed by atoms with E-state index in [-0.39, 0.29) is 16.1 Å². The van der Waals surface area contributed by atoms with Crippen LogP contribution in [0.1, 0.15) is 10.4 Å². The van der Waals surface area contributed by atoms with E-state index in [2.05, 4.69) is 4.72 Å². The molecule has 21 heavy (non-hydrogen) atoms. The Balaban J connectivity index is 2.41. The molecular formula is C13H9ClINO4S. The monoisotopic (exact) mass is 437 g/mol. The first-order chi connectivity index (χ1) is 9.79. The van der Waals surface area contributed by atoms with E-state index in [0.29, 0.717) is 8.59 Å². The van der Waals surface area contributed by atoms with Crippen molar-refractivity contribution in [2.24, 2.45) is 0 Å². The zero-order valence-corrected chi connectivity index (χ0v) is 14.1. The second-order valence-electron chi connectivity index (χ2n) is 4.05. The Morgan fingerprint density at radius 2 is 1.76 bits per heavy atom. The van der Waals surface area contributed by atoms with Gasteiger partial charge in [-0.25, -0.2) is 13.2 Å². The largest absolute Gasteiger partial charge is 0.478 e. The van der Waals surface area contributed by atoms with E-state index in [0.717, 1.165) is 0 Å². The molecule has 0 bridgehead atoms. The summed E-state index contributed by atoms with van der Waals surface area (Å²) in [7, 11) is -3.87. The van der Waals surface area contributed by atoms with Gasteiger partial charge >= 0.3 is 5.97 Å². The highest BCUT2D eigenvalue weighted by atomic mass is 127. The highest BCUT2D eigenvalue weighted by Crippen LogP contribution is 2.23. The number of rotatable bonds is 4. The lowest BCUT2D eigenvalue weighted by Gasteiger charge is -2.11. The maximum Gasteiger partial charge on any atom is 0.337 e. The minimum Gasteiger partial charge on any atom is -0.478 e. The van der Waals surface area contributed by atoms with Crippen LogP contribution in [0.2, 0.25) is 5.02 Å². The third kappa shape index (κ3) is 3.86. The van der Waals surface area contributed by atoms with E-state index >= 15 is 0 Å². The Morgan fingerprint density at radius 1 is 1.14 bits per heavy atom. The summed E-state index contributed by atoms with van der Waals surface area (Å²) in [5.41, 5.74) is -0.0997. The summed E-state index contributed by atoms with van der Waals surface area (Å²) in [5.74, 6) is -1.21. The van der Waals surface area contributed by atoms with Crippen LogP contribution in [0.5, 0.6) is 0 Å². The second-order valence-corrected chi connectivity index (χ2v) is 7.42. The van der Waals surface area contributed by atoms with Crippen LogP contribution in [-0.4, -0.2) is 19.5 Å². The highest BCUT2D eigenvalue weighted by Gasteiger charge is 2.18. The van der Waals surface area contributed by atoms with E-state index in [1.165, 1.54) is 36.4 Å². The minimum atomic E-state index is -3.87. The molecule has 0 aliphatic rings. The Morgan fingerprint density at radius 3 is 2.33 bits per heavy atom. The molecule has 0 aromatic heterocycles. The first kappa shape index (κ1) is 16.1. The number of anilines is 1. The second kappa shape index (κ2) is 6.20. The Kier molecular flexibility index (Phi) is 4.74. The maximum absolute atomic E-state index is 12.2. The van der Waals surface area contributed by atoms with Crippen molar-refractivity contribution in [3.63, 3.8) is 0 Å². The van der Waals surface area contributed by atoms with Crippen LogP contribution in [0.15, 0.2) is 47.4 Å². The van der Waals surface area contributed by atoms with Gasteiger partial charge in [0.1, 0.15) is 0 Å². The van der Waals surface area contributed by atoms with E-state index in [9.17, 15) is 13.2 Å². The average molecular weight is 438 g/mol. The molecule has 5 nitrogen and oxygen atoms in total. The summed E-state index contributed by atoms with van der Waals surface area (Å²) < 4.78 is 27.4. The molecule has 0 heterocycles. The van der Waals surface area contributed by atoms with Crippen molar-refractivity contribution in [2.45, 2.75) is 4.90 Å². The molecule has 0 aliphatic carbocycles. The molecule has 8 heteroatoms. The summed E-state index contributed by atoms with van der Waals surface area (Å²) in [5, 5.41) is 9.55.